The van der Waals surface area contributed by atoms with E-state index in [-0.39, 0.29) is 52.3 Å². The molecule has 0 saturated heterocycles. The molecule has 0 fully saturated rings. The molecule has 0 saturated carbocycles. The topological polar surface area (TPSA) is 132 Å². The van der Waals surface area contributed by atoms with E-state index in [1.165, 1.54) is 60.5 Å². The monoisotopic (exact) mass is 629 g/mol. The fourth-order valence-electron chi connectivity index (χ4n) is 4.36. The summed E-state index contributed by atoms with van der Waals surface area (Å²) in [6.07, 6.45) is -0.662. The Morgan fingerprint density at radius 2 is 1.60 bits per heavy atom. The fraction of sp³-hybridized carbons (Fsp3) is 0.300. The largest absolute Gasteiger partial charge is 0.495 e. The zero-order chi connectivity index (χ0) is 31.5. The second kappa shape index (κ2) is 12.5. The van der Waals surface area contributed by atoms with Gasteiger partial charge >= 0.3 is 12.1 Å². The van der Waals surface area contributed by atoms with Crippen molar-refractivity contribution in [3.05, 3.63) is 76.8 Å². The number of sulfonamides is 1. The summed E-state index contributed by atoms with van der Waals surface area (Å²) >= 11 is 6.15. The molecule has 0 aliphatic carbocycles. The van der Waals surface area contributed by atoms with Crippen LogP contribution in [0.1, 0.15) is 48.4 Å². The van der Waals surface area contributed by atoms with E-state index in [0.717, 1.165) is 4.31 Å². The van der Waals surface area contributed by atoms with Crippen LogP contribution < -0.4 is 19.3 Å². The molecule has 228 valence electrons. The number of fused-ring (bicyclic) bond motifs is 1. The van der Waals surface area contributed by atoms with Gasteiger partial charge in [-0.05, 0) is 88.4 Å². The summed E-state index contributed by atoms with van der Waals surface area (Å²) in [7, 11) is -2.93. The third-order valence-corrected chi connectivity index (χ3v) is 8.35. The van der Waals surface area contributed by atoms with Crippen LogP contribution >= 0.6 is 11.6 Å². The molecule has 0 atom stereocenters. The third kappa shape index (κ3) is 7.03. The first kappa shape index (κ1) is 31.6. The minimum absolute atomic E-state index is 0.0115. The summed E-state index contributed by atoms with van der Waals surface area (Å²) in [4.78, 5) is 39.5. The van der Waals surface area contributed by atoms with Gasteiger partial charge in [-0.25, -0.2) is 18.0 Å². The number of halogens is 1. The molecule has 1 aliphatic rings. The van der Waals surface area contributed by atoms with Crippen LogP contribution in [0, 0.1) is 0 Å². The molecule has 3 aromatic rings. The lowest BCUT2D eigenvalue weighted by molar-refractivity contribution is 0.0524. The van der Waals surface area contributed by atoms with Crippen molar-refractivity contribution >= 4 is 56.7 Å². The van der Waals surface area contributed by atoms with Crippen LogP contribution in [0.15, 0.2) is 65.6 Å². The van der Waals surface area contributed by atoms with E-state index in [1.807, 2.05) is 0 Å². The minimum Gasteiger partial charge on any atom is -0.495 e. The van der Waals surface area contributed by atoms with Gasteiger partial charge in [0.1, 0.15) is 16.2 Å². The van der Waals surface area contributed by atoms with Crippen LogP contribution in [0.4, 0.5) is 21.9 Å². The molecule has 4 rings (SSSR count). The Labute approximate surface area is 255 Å². The highest BCUT2D eigenvalue weighted by atomic mass is 35.5. The standard InChI is InChI=1S/C30H32ClN3O8S/c1-6-41-28(36)19-7-11-22(12-8-19)32-27(35)20-9-13-23-24(17-20)34(16-15-33(23)29(37)42-30(2,3)4)43(38,39)26-18-21(31)10-14-25(26)40-5/h7-14,17-18H,6,15-16H2,1-5H3,(H,32,35). The molecule has 1 heterocycles. The van der Waals surface area contributed by atoms with Gasteiger partial charge in [0.25, 0.3) is 15.9 Å². The summed E-state index contributed by atoms with van der Waals surface area (Å²) < 4.78 is 45.0. The minimum atomic E-state index is -4.27. The summed E-state index contributed by atoms with van der Waals surface area (Å²) in [6.45, 7) is 6.97. The number of anilines is 3. The lowest BCUT2D eigenvalue weighted by Gasteiger charge is -2.37. The number of ether oxygens (including phenoxy) is 3. The maximum absolute atomic E-state index is 14.0. The number of hydrogen-bond acceptors (Lipinski definition) is 8. The van der Waals surface area contributed by atoms with E-state index in [4.69, 9.17) is 25.8 Å². The van der Waals surface area contributed by atoms with Gasteiger partial charge < -0.3 is 19.5 Å². The number of esters is 1. The van der Waals surface area contributed by atoms with Crippen LogP contribution in [-0.4, -0.2) is 58.8 Å². The third-order valence-electron chi connectivity index (χ3n) is 6.29. The molecule has 3 aromatic carbocycles. The first-order valence-electron chi connectivity index (χ1n) is 13.3. The number of carbonyl (C=O) groups excluding carboxylic acids is 3. The van der Waals surface area contributed by atoms with Crippen molar-refractivity contribution < 1.29 is 37.0 Å². The van der Waals surface area contributed by atoms with Gasteiger partial charge in [0, 0.05) is 22.8 Å². The first-order valence-corrected chi connectivity index (χ1v) is 15.2. The molecular formula is C30H32ClN3O8S. The number of rotatable bonds is 7. The Balaban J connectivity index is 1.74. The molecule has 1 aliphatic heterocycles. The van der Waals surface area contributed by atoms with E-state index in [1.54, 1.807) is 39.8 Å². The highest BCUT2D eigenvalue weighted by Gasteiger charge is 2.37. The SMILES string of the molecule is CCOC(=O)c1ccc(NC(=O)c2ccc3c(c2)N(S(=O)(=O)c2cc(Cl)ccc2OC)CCN3C(=O)OC(C)(C)C)cc1. The van der Waals surface area contributed by atoms with Crippen LogP contribution in [-0.2, 0) is 19.5 Å². The first-order chi connectivity index (χ1) is 20.2. The number of benzene rings is 3. The van der Waals surface area contributed by atoms with Gasteiger partial charge in [0.15, 0.2) is 0 Å². The van der Waals surface area contributed by atoms with Crippen molar-refractivity contribution in [1.82, 2.24) is 0 Å². The average Bonchev–Trinajstić information content (AvgIpc) is 2.95. The Morgan fingerprint density at radius 3 is 2.23 bits per heavy atom. The predicted octanol–water partition coefficient (Wildman–Crippen LogP) is 5.73. The Morgan fingerprint density at radius 1 is 0.930 bits per heavy atom. The molecule has 0 bridgehead atoms. The molecule has 13 heteroatoms. The molecule has 0 radical (unpaired) electrons. The quantitative estimate of drug-likeness (QED) is 0.328. The van der Waals surface area contributed by atoms with Crippen molar-refractivity contribution in [2.24, 2.45) is 0 Å². The Bertz CT molecular complexity index is 1650. The molecule has 0 unspecified atom stereocenters. The maximum atomic E-state index is 14.0. The number of carbonyl (C=O) groups is 3. The summed E-state index contributed by atoms with van der Waals surface area (Å²) in [5, 5.41) is 2.93. The molecular weight excluding hydrogens is 598 g/mol. The summed E-state index contributed by atoms with van der Waals surface area (Å²) in [5.41, 5.74) is 0.381. The lowest BCUT2D eigenvalue weighted by Crippen LogP contribution is -2.48. The van der Waals surface area contributed by atoms with Crippen LogP contribution in [0.25, 0.3) is 0 Å². The number of nitrogens with one attached hydrogen (secondary N) is 1. The number of hydrogen-bond donors (Lipinski definition) is 1. The van der Waals surface area contributed by atoms with E-state index < -0.39 is 33.6 Å². The highest BCUT2D eigenvalue weighted by molar-refractivity contribution is 7.93. The zero-order valence-electron chi connectivity index (χ0n) is 24.3. The zero-order valence-corrected chi connectivity index (χ0v) is 25.9. The average molecular weight is 630 g/mol. The predicted molar refractivity (Wildman–Crippen MR) is 163 cm³/mol. The summed E-state index contributed by atoms with van der Waals surface area (Å²) in [6, 6.07) is 14.7. The molecule has 43 heavy (non-hydrogen) atoms. The van der Waals surface area contributed by atoms with Crippen molar-refractivity contribution in [3.63, 3.8) is 0 Å². The smallest absolute Gasteiger partial charge is 0.414 e. The Kier molecular flexibility index (Phi) is 9.21. The molecule has 0 aromatic heterocycles. The van der Waals surface area contributed by atoms with Crippen LogP contribution in [0.3, 0.4) is 0 Å². The highest BCUT2D eigenvalue weighted by Crippen LogP contribution is 2.40. The van der Waals surface area contributed by atoms with Crippen molar-refractivity contribution in [1.29, 1.82) is 0 Å². The van der Waals surface area contributed by atoms with E-state index in [0.29, 0.717) is 11.3 Å². The number of methoxy groups -OCH3 is 1. The maximum Gasteiger partial charge on any atom is 0.414 e. The molecule has 11 nitrogen and oxygen atoms in total. The van der Waals surface area contributed by atoms with Crippen molar-refractivity contribution in [3.8, 4) is 5.75 Å². The number of nitrogens with zero attached hydrogens (tertiary/aromatic N) is 2. The normalized spacial score (nSPS) is 13.2. The van der Waals surface area contributed by atoms with Gasteiger partial charge in [-0.1, -0.05) is 11.6 Å². The second-order valence-corrected chi connectivity index (χ2v) is 12.7. The lowest BCUT2D eigenvalue weighted by atomic mass is 10.1. The number of amides is 2. The van der Waals surface area contributed by atoms with Gasteiger partial charge in [-0.2, -0.15) is 0 Å². The van der Waals surface area contributed by atoms with Gasteiger partial charge in [-0.15, -0.1) is 0 Å². The molecule has 2 amide bonds. The molecule has 0 spiro atoms. The summed E-state index contributed by atoms with van der Waals surface area (Å²) in [5.74, 6) is -0.943. The second-order valence-electron chi connectivity index (χ2n) is 10.5. The van der Waals surface area contributed by atoms with Crippen molar-refractivity contribution in [2.45, 2.75) is 38.2 Å². The Hall–Kier alpha value is -4.29. The van der Waals surface area contributed by atoms with E-state index >= 15 is 0 Å². The molecule has 1 N–H and O–H groups in total. The fourth-order valence-corrected chi connectivity index (χ4v) is 6.24. The van der Waals surface area contributed by atoms with Gasteiger partial charge in [0.05, 0.1) is 37.2 Å². The van der Waals surface area contributed by atoms with E-state index in [2.05, 4.69) is 5.32 Å². The van der Waals surface area contributed by atoms with Gasteiger partial charge in [0.2, 0.25) is 0 Å². The van der Waals surface area contributed by atoms with Crippen LogP contribution in [0.2, 0.25) is 5.02 Å². The van der Waals surface area contributed by atoms with Crippen LogP contribution in [0.5, 0.6) is 5.75 Å². The van der Waals surface area contributed by atoms with Crippen molar-refractivity contribution in [2.75, 3.05) is 41.3 Å². The van der Waals surface area contributed by atoms with E-state index in [9.17, 15) is 22.8 Å². The van der Waals surface area contributed by atoms with Gasteiger partial charge in [-0.3, -0.25) is 14.0 Å².